The number of nitrogens with zero attached hydrogens (tertiary/aromatic N) is 1. The quantitative estimate of drug-likeness (QED) is 0.940. The first-order chi connectivity index (χ1) is 11.1. The number of fused-ring (bicyclic) bond motifs is 3. The van der Waals surface area contributed by atoms with E-state index >= 15 is 0 Å². The van der Waals surface area contributed by atoms with E-state index < -0.39 is 11.5 Å². The second-order valence-electron chi connectivity index (χ2n) is 6.09. The fraction of sp³-hybridized carbons (Fsp3) is 0.350. The van der Waals surface area contributed by atoms with Crippen LogP contribution in [0.5, 0.6) is 0 Å². The molecule has 120 valence electrons. The van der Waals surface area contributed by atoms with Gasteiger partial charge in [0.15, 0.2) is 0 Å². The number of amides is 1. The molecule has 0 bridgehead atoms. The predicted octanol–water partition coefficient (Wildman–Crippen LogP) is 3.41. The van der Waals surface area contributed by atoms with Gasteiger partial charge in [0, 0.05) is 13.1 Å². The number of benzene rings is 2. The molecule has 0 aliphatic heterocycles. The second kappa shape index (κ2) is 5.82. The largest absolute Gasteiger partial charge is 0.380 e. The molecule has 0 aromatic heterocycles. The lowest BCUT2D eigenvalue weighted by molar-refractivity contribution is -0.142. The van der Waals surface area contributed by atoms with Gasteiger partial charge in [-0.3, -0.25) is 4.79 Å². The van der Waals surface area contributed by atoms with E-state index in [1.165, 1.54) is 0 Å². The Bertz CT molecular complexity index is 688. The topological polar surface area (TPSA) is 40.5 Å². The minimum Gasteiger partial charge on any atom is -0.380 e. The summed E-state index contributed by atoms with van der Waals surface area (Å²) in [5, 5.41) is 11.6. The zero-order valence-electron chi connectivity index (χ0n) is 13.9. The molecule has 0 fully saturated rings. The third kappa shape index (κ3) is 2.19. The van der Waals surface area contributed by atoms with E-state index in [-0.39, 0.29) is 5.91 Å². The van der Waals surface area contributed by atoms with Crippen LogP contribution in [-0.2, 0) is 10.4 Å². The number of carbonyl (C=O) groups is 1. The Labute approximate surface area is 137 Å². The van der Waals surface area contributed by atoms with Crippen LogP contribution in [0.25, 0.3) is 11.1 Å². The molecule has 1 aliphatic carbocycles. The summed E-state index contributed by atoms with van der Waals surface area (Å²) in [5.74, 6) is -0.545. The zero-order chi connectivity index (χ0) is 16.6. The Kier molecular flexibility index (Phi) is 3.99. The first-order valence-electron chi connectivity index (χ1n) is 8.26. The monoisotopic (exact) mass is 309 g/mol. The Hall–Kier alpha value is -2.13. The zero-order valence-corrected chi connectivity index (χ0v) is 13.9. The van der Waals surface area contributed by atoms with Gasteiger partial charge in [0.2, 0.25) is 5.91 Å². The number of hydrogen-bond acceptors (Lipinski definition) is 2. The Morgan fingerprint density at radius 2 is 1.43 bits per heavy atom. The summed E-state index contributed by atoms with van der Waals surface area (Å²) >= 11 is 0. The van der Waals surface area contributed by atoms with Gasteiger partial charge in [-0.25, -0.2) is 0 Å². The van der Waals surface area contributed by atoms with Crippen LogP contribution < -0.4 is 0 Å². The van der Waals surface area contributed by atoms with Gasteiger partial charge in [0.25, 0.3) is 0 Å². The lowest BCUT2D eigenvalue weighted by Gasteiger charge is -2.34. The Morgan fingerprint density at radius 1 is 1.00 bits per heavy atom. The van der Waals surface area contributed by atoms with Crippen molar-refractivity contribution in [2.45, 2.75) is 26.4 Å². The molecule has 0 spiro atoms. The van der Waals surface area contributed by atoms with Gasteiger partial charge >= 0.3 is 0 Å². The number of carbonyl (C=O) groups excluding carboxylic acids is 1. The molecule has 0 radical (unpaired) electrons. The van der Waals surface area contributed by atoms with Gasteiger partial charge in [0.05, 0.1) is 5.92 Å². The molecular weight excluding hydrogens is 286 g/mol. The highest BCUT2D eigenvalue weighted by Crippen LogP contribution is 2.51. The van der Waals surface area contributed by atoms with E-state index in [1.54, 1.807) is 4.90 Å². The summed E-state index contributed by atoms with van der Waals surface area (Å²) < 4.78 is 0. The van der Waals surface area contributed by atoms with Crippen LogP contribution in [0.4, 0.5) is 0 Å². The van der Waals surface area contributed by atoms with Crippen LogP contribution in [0.2, 0.25) is 0 Å². The molecule has 0 heterocycles. The Morgan fingerprint density at radius 3 is 1.87 bits per heavy atom. The maximum absolute atomic E-state index is 12.9. The van der Waals surface area contributed by atoms with E-state index in [1.807, 2.05) is 69.3 Å². The summed E-state index contributed by atoms with van der Waals surface area (Å²) in [6.45, 7) is 7.07. The van der Waals surface area contributed by atoms with E-state index in [9.17, 15) is 9.90 Å². The molecule has 1 amide bonds. The summed E-state index contributed by atoms with van der Waals surface area (Å²) in [4.78, 5) is 14.7. The van der Waals surface area contributed by atoms with Crippen LogP contribution >= 0.6 is 0 Å². The molecule has 2 aromatic rings. The maximum Gasteiger partial charge on any atom is 0.229 e. The second-order valence-corrected chi connectivity index (χ2v) is 6.09. The van der Waals surface area contributed by atoms with Crippen molar-refractivity contribution in [3.05, 3.63) is 59.7 Å². The smallest absolute Gasteiger partial charge is 0.229 e. The molecule has 1 N–H and O–H groups in total. The van der Waals surface area contributed by atoms with Crippen molar-refractivity contribution < 1.29 is 9.90 Å². The Balaban J connectivity index is 2.15. The molecule has 3 heteroatoms. The molecule has 2 aromatic carbocycles. The van der Waals surface area contributed by atoms with Crippen molar-refractivity contribution in [1.29, 1.82) is 0 Å². The maximum atomic E-state index is 12.9. The highest BCUT2D eigenvalue weighted by atomic mass is 16.3. The van der Waals surface area contributed by atoms with Crippen LogP contribution in [0.3, 0.4) is 0 Å². The third-order valence-electron chi connectivity index (χ3n) is 5.04. The van der Waals surface area contributed by atoms with Gasteiger partial charge in [-0.1, -0.05) is 55.5 Å². The fourth-order valence-corrected chi connectivity index (χ4v) is 3.70. The lowest BCUT2D eigenvalue weighted by atomic mass is 9.79. The van der Waals surface area contributed by atoms with Gasteiger partial charge < -0.3 is 10.0 Å². The standard InChI is InChI=1S/C20H23NO2/c1-4-21(5-2)19(22)14(3)20(23)17-12-8-6-10-15(17)16-11-7-9-13-18(16)20/h6-14,23H,4-5H2,1-3H3/t14-/m1/s1. The minimum absolute atomic E-state index is 0.0102. The van der Waals surface area contributed by atoms with Gasteiger partial charge in [-0.05, 0) is 36.1 Å². The summed E-state index contributed by atoms with van der Waals surface area (Å²) in [5.41, 5.74) is 2.42. The van der Waals surface area contributed by atoms with Crippen LogP contribution in [-0.4, -0.2) is 29.0 Å². The van der Waals surface area contributed by atoms with Crippen LogP contribution in [0, 0.1) is 5.92 Å². The van der Waals surface area contributed by atoms with Crippen molar-refractivity contribution >= 4 is 5.91 Å². The average Bonchev–Trinajstić information content (AvgIpc) is 2.86. The average molecular weight is 309 g/mol. The van der Waals surface area contributed by atoms with Gasteiger partial charge in [0.1, 0.15) is 5.60 Å². The molecule has 3 rings (SSSR count). The van der Waals surface area contributed by atoms with E-state index in [0.29, 0.717) is 13.1 Å². The molecule has 0 saturated carbocycles. The molecule has 0 saturated heterocycles. The number of hydrogen-bond donors (Lipinski definition) is 1. The van der Waals surface area contributed by atoms with Crippen molar-refractivity contribution in [3.8, 4) is 11.1 Å². The summed E-state index contributed by atoms with van der Waals surface area (Å²) in [6.07, 6.45) is 0. The molecule has 1 aliphatic rings. The molecule has 0 unspecified atom stereocenters. The highest BCUT2D eigenvalue weighted by molar-refractivity contribution is 5.87. The van der Waals surface area contributed by atoms with Gasteiger partial charge in [-0.15, -0.1) is 0 Å². The van der Waals surface area contributed by atoms with E-state index in [0.717, 1.165) is 22.3 Å². The molecule has 1 atom stereocenters. The predicted molar refractivity (Wildman–Crippen MR) is 92.0 cm³/mol. The summed E-state index contributed by atoms with van der Waals surface area (Å²) in [6, 6.07) is 15.7. The third-order valence-corrected chi connectivity index (χ3v) is 5.04. The molecule has 3 nitrogen and oxygen atoms in total. The van der Waals surface area contributed by atoms with E-state index in [2.05, 4.69) is 0 Å². The first-order valence-corrected chi connectivity index (χ1v) is 8.26. The lowest BCUT2D eigenvalue weighted by Crippen LogP contribution is -2.45. The SMILES string of the molecule is CCN(CC)C(=O)[C@@H](C)C1(O)c2ccccc2-c2ccccc21. The molecule has 23 heavy (non-hydrogen) atoms. The van der Waals surface area contributed by atoms with Gasteiger partial charge in [-0.2, -0.15) is 0 Å². The highest BCUT2D eigenvalue weighted by Gasteiger charge is 2.48. The van der Waals surface area contributed by atoms with Crippen molar-refractivity contribution in [3.63, 3.8) is 0 Å². The summed E-state index contributed by atoms with van der Waals surface area (Å²) in [7, 11) is 0. The minimum atomic E-state index is -1.27. The number of aliphatic hydroxyl groups is 1. The fourth-order valence-electron chi connectivity index (χ4n) is 3.70. The van der Waals surface area contributed by atoms with E-state index in [4.69, 9.17) is 0 Å². The van der Waals surface area contributed by atoms with Crippen molar-refractivity contribution in [2.24, 2.45) is 5.92 Å². The number of rotatable bonds is 4. The normalized spacial score (nSPS) is 15.7. The van der Waals surface area contributed by atoms with Crippen LogP contribution in [0.15, 0.2) is 48.5 Å². The first kappa shape index (κ1) is 15.8. The van der Waals surface area contributed by atoms with Crippen LogP contribution in [0.1, 0.15) is 31.9 Å². The van der Waals surface area contributed by atoms with Crippen molar-refractivity contribution in [2.75, 3.05) is 13.1 Å². The van der Waals surface area contributed by atoms with Crippen molar-refractivity contribution in [1.82, 2.24) is 4.90 Å². The molecular formula is C20H23NO2.